The maximum Gasteiger partial charge on any atom is 0.271 e. The van der Waals surface area contributed by atoms with Crippen LogP contribution in [0.15, 0.2) is 83.8 Å². The predicted molar refractivity (Wildman–Crippen MR) is 153 cm³/mol. The molecule has 1 unspecified atom stereocenters. The molecule has 3 aromatic carbocycles. The van der Waals surface area contributed by atoms with Crippen LogP contribution in [0.3, 0.4) is 0 Å². The maximum atomic E-state index is 13.9. The van der Waals surface area contributed by atoms with E-state index in [-0.39, 0.29) is 28.7 Å². The molecule has 0 fully saturated rings. The minimum Gasteiger partial charge on any atom is -0.354 e. The number of nitrogens with zero attached hydrogens (tertiary/aromatic N) is 3. The van der Waals surface area contributed by atoms with Crippen molar-refractivity contribution in [3.63, 3.8) is 0 Å². The van der Waals surface area contributed by atoms with Gasteiger partial charge in [0.2, 0.25) is 11.8 Å². The summed E-state index contributed by atoms with van der Waals surface area (Å²) in [6.07, 6.45) is 0. The summed E-state index contributed by atoms with van der Waals surface area (Å²) in [5.41, 5.74) is 0.279. The van der Waals surface area contributed by atoms with Gasteiger partial charge in [0.1, 0.15) is 12.6 Å². The number of halogens is 1. The van der Waals surface area contributed by atoms with Crippen molar-refractivity contribution in [2.45, 2.75) is 38.3 Å². The van der Waals surface area contributed by atoms with Gasteiger partial charge in [-0.05, 0) is 48.7 Å². The number of nitro groups is 1. The predicted octanol–water partition coefficient (Wildman–Crippen LogP) is 4.63. The van der Waals surface area contributed by atoms with E-state index in [4.69, 9.17) is 11.6 Å². The summed E-state index contributed by atoms with van der Waals surface area (Å²) < 4.78 is 28.3. The van der Waals surface area contributed by atoms with Crippen LogP contribution < -0.4 is 9.62 Å². The number of amides is 2. The summed E-state index contributed by atoms with van der Waals surface area (Å²) in [6, 6.07) is 18.3. The van der Waals surface area contributed by atoms with E-state index in [9.17, 15) is 28.1 Å². The van der Waals surface area contributed by atoms with Crippen LogP contribution in [0.4, 0.5) is 11.4 Å². The Balaban J connectivity index is 2.04. The summed E-state index contributed by atoms with van der Waals surface area (Å²) in [7, 11) is -4.33. The van der Waals surface area contributed by atoms with Gasteiger partial charge < -0.3 is 10.2 Å². The van der Waals surface area contributed by atoms with Crippen LogP contribution >= 0.6 is 11.6 Å². The second-order valence-corrected chi connectivity index (χ2v) is 11.9. The number of hydrogen-bond acceptors (Lipinski definition) is 6. The van der Waals surface area contributed by atoms with E-state index in [0.717, 1.165) is 10.4 Å². The smallest absolute Gasteiger partial charge is 0.271 e. The molecule has 0 heterocycles. The molecule has 0 aliphatic heterocycles. The fraction of sp³-hybridized carbons (Fsp3) is 0.286. The standard InChI is InChI=1S/C28H31ClN4O6S/c1-20(2)17-30-28(35)21(3)31(18-22-12-14-23(29)15-13-22)27(34)19-32(24-8-7-9-25(16-24)33(36)37)40(38,39)26-10-5-4-6-11-26/h4-16,20-21H,17-19H2,1-3H3,(H,30,35). The van der Waals surface area contributed by atoms with Gasteiger partial charge in [-0.15, -0.1) is 0 Å². The third kappa shape index (κ3) is 7.80. The van der Waals surface area contributed by atoms with Crippen molar-refractivity contribution >= 4 is 44.8 Å². The van der Waals surface area contributed by atoms with Crippen LogP contribution in [-0.4, -0.2) is 49.2 Å². The molecule has 3 aromatic rings. The van der Waals surface area contributed by atoms with E-state index in [1.54, 1.807) is 37.3 Å². The van der Waals surface area contributed by atoms with Crippen molar-refractivity contribution < 1.29 is 22.9 Å². The van der Waals surface area contributed by atoms with Crippen molar-refractivity contribution in [1.82, 2.24) is 10.2 Å². The first kappa shape index (κ1) is 30.6. The normalized spacial score (nSPS) is 12.0. The molecular formula is C28H31ClN4O6S. The van der Waals surface area contributed by atoms with Crippen LogP contribution in [0.25, 0.3) is 0 Å². The number of hydrogen-bond donors (Lipinski definition) is 1. The number of nitrogens with one attached hydrogen (secondary N) is 1. The Kier molecular flexibility index (Phi) is 10.2. The Morgan fingerprint density at radius 1 is 0.975 bits per heavy atom. The van der Waals surface area contributed by atoms with Crippen molar-refractivity contribution in [2.75, 3.05) is 17.4 Å². The Labute approximate surface area is 238 Å². The number of nitro benzene ring substituents is 1. The molecule has 0 spiro atoms. The largest absolute Gasteiger partial charge is 0.354 e. The minimum atomic E-state index is -4.33. The van der Waals surface area contributed by atoms with Crippen LogP contribution in [0, 0.1) is 16.0 Å². The van der Waals surface area contributed by atoms with E-state index < -0.39 is 39.3 Å². The van der Waals surface area contributed by atoms with Gasteiger partial charge in [0.25, 0.3) is 15.7 Å². The fourth-order valence-corrected chi connectivity index (χ4v) is 5.38. The zero-order valence-electron chi connectivity index (χ0n) is 22.4. The third-order valence-corrected chi connectivity index (χ3v) is 8.10. The average Bonchev–Trinajstić information content (AvgIpc) is 2.94. The number of carbonyl (C=O) groups is 2. The molecule has 0 radical (unpaired) electrons. The molecule has 2 amide bonds. The summed E-state index contributed by atoms with van der Waals surface area (Å²) in [5, 5.41) is 14.7. The minimum absolute atomic E-state index is 0.000426. The second kappa shape index (κ2) is 13.4. The van der Waals surface area contributed by atoms with Crippen molar-refractivity contribution in [3.8, 4) is 0 Å². The average molecular weight is 587 g/mol. The summed E-state index contributed by atoms with van der Waals surface area (Å²) in [4.78, 5) is 38.8. The number of anilines is 1. The van der Waals surface area contributed by atoms with Gasteiger partial charge in [-0.2, -0.15) is 0 Å². The van der Waals surface area contributed by atoms with Gasteiger partial charge in [-0.1, -0.05) is 61.8 Å². The Hall–Kier alpha value is -3.96. The Morgan fingerprint density at radius 2 is 1.62 bits per heavy atom. The van der Waals surface area contributed by atoms with Crippen LogP contribution in [-0.2, 0) is 26.2 Å². The number of carbonyl (C=O) groups excluding carboxylic acids is 2. The van der Waals surface area contributed by atoms with Crippen LogP contribution in [0.5, 0.6) is 0 Å². The molecule has 0 bridgehead atoms. The highest BCUT2D eigenvalue weighted by Gasteiger charge is 2.33. The van der Waals surface area contributed by atoms with Crippen molar-refractivity contribution in [3.05, 3.63) is 99.6 Å². The first-order chi connectivity index (χ1) is 18.9. The highest BCUT2D eigenvalue weighted by atomic mass is 35.5. The van der Waals surface area contributed by atoms with Gasteiger partial charge in [-0.3, -0.25) is 24.0 Å². The highest BCUT2D eigenvalue weighted by molar-refractivity contribution is 7.92. The van der Waals surface area contributed by atoms with Gasteiger partial charge in [-0.25, -0.2) is 8.42 Å². The highest BCUT2D eigenvalue weighted by Crippen LogP contribution is 2.27. The molecular weight excluding hydrogens is 556 g/mol. The van der Waals surface area contributed by atoms with E-state index in [2.05, 4.69) is 5.32 Å². The summed E-state index contributed by atoms with van der Waals surface area (Å²) >= 11 is 6.01. The van der Waals surface area contributed by atoms with E-state index in [1.165, 1.54) is 47.4 Å². The molecule has 0 saturated carbocycles. The van der Waals surface area contributed by atoms with Gasteiger partial charge in [0, 0.05) is 30.2 Å². The van der Waals surface area contributed by atoms with E-state index in [0.29, 0.717) is 17.1 Å². The lowest BCUT2D eigenvalue weighted by molar-refractivity contribution is -0.384. The Bertz CT molecular complexity index is 1450. The summed E-state index contributed by atoms with van der Waals surface area (Å²) in [6.45, 7) is 5.13. The van der Waals surface area contributed by atoms with Crippen LogP contribution in [0.2, 0.25) is 5.02 Å². The van der Waals surface area contributed by atoms with Crippen molar-refractivity contribution in [1.29, 1.82) is 0 Å². The molecule has 3 rings (SSSR count). The molecule has 0 aliphatic carbocycles. The quantitative estimate of drug-likeness (QED) is 0.243. The second-order valence-electron chi connectivity index (χ2n) is 9.56. The molecule has 40 heavy (non-hydrogen) atoms. The van der Waals surface area contributed by atoms with Gasteiger partial charge in [0.15, 0.2) is 0 Å². The zero-order chi connectivity index (χ0) is 29.4. The lowest BCUT2D eigenvalue weighted by Crippen LogP contribution is -2.51. The van der Waals surface area contributed by atoms with E-state index in [1.807, 2.05) is 13.8 Å². The number of rotatable bonds is 12. The molecule has 0 saturated heterocycles. The molecule has 212 valence electrons. The van der Waals surface area contributed by atoms with E-state index >= 15 is 0 Å². The number of sulfonamides is 1. The third-order valence-electron chi connectivity index (χ3n) is 6.06. The first-order valence-corrected chi connectivity index (χ1v) is 14.4. The van der Waals surface area contributed by atoms with Crippen molar-refractivity contribution in [2.24, 2.45) is 5.92 Å². The topological polar surface area (TPSA) is 130 Å². The zero-order valence-corrected chi connectivity index (χ0v) is 23.9. The van der Waals surface area contributed by atoms with Gasteiger partial charge >= 0.3 is 0 Å². The maximum absolute atomic E-state index is 13.9. The van der Waals surface area contributed by atoms with Gasteiger partial charge in [0.05, 0.1) is 15.5 Å². The lowest BCUT2D eigenvalue weighted by atomic mass is 10.1. The van der Waals surface area contributed by atoms with Crippen LogP contribution in [0.1, 0.15) is 26.3 Å². The first-order valence-electron chi connectivity index (χ1n) is 12.5. The number of non-ortho nitro benzene ring substituents is 1. The molecule has 0 aliphatic rings. The molecule has 1 N–H and O–H groups in total. The molecule has 12 heteroatoms. The molecule has 0 aromatic heterocycles. The summed E-state index contributed by atoms with van der Waals surface area (Å²) in [5.74, 6) is -0.895. The fourth-order valence-electron chi connectivity index (χ4n) is 3.83. The lowest BCUT2D eigenvalue weighted by Gasteiger charge is -2.32. The number of benzene rings is 3. The SMILES string of the molecule is CC(C)CNC(=O)C(C)N(Cc1ccc(Cl)cc1)C(=O)CN(c1cccc([N+](=O)[O-])c1)S(=O)(=O)c1ccccc1. The monoisotopic (exact) mass is 586 g/mol. The Morgan fingerprint density at radius 3 is 2.23 bits per heavy atom. The molecule has 1 atom stereocenters. The molecule has 10 nitrogen and oxygen atoms in total.